The Balaban J connectivity index is 1.55. The molecule has 1 aromatic heterocycles. The van der Waals surface area contributed by atoms with Gasteiger partial charge >= 0.3 is 5.97 Å². The molecule has 0 aliphatic carbocycles. The second-order valence-corrected chi connectivity index (χ2v) is 6.69. The molecule has 23 heavy (non-hydrogen) atoms. The van der Waals surface area contributed by atoms with Gasteiger partial charge in [-0.1, -0.05) is 30.3 Å². The standard InChI is InChI=1S/C17H21N3O2S/c1-13(17(21)22)20-9-7-19(8-10-20)11-15-12-23-16(18-15)14-5-3-2-4-6-14/h2-6,12-13H,7-11H2,1H3,(H,21,22). The summed E-state index contributed by atoms with van der Waals surface area (Å²) in [5.41, 5.74) is 2.25. The quantitative estimate of drug-likeness (QED) is 0.912. The Hall–Kier alpha value is -1.76. The predicted molar refractivity (Wildman–Crippen MR) is 91.5 cm³/mol. The topological polar surface area (TPSA) is 56.7 Å². The number of carboxylic acid groups (broad SMARTS) is 1. The van der Waals surface area contributed by atoms with E-state index in [0.717, 1.165) is 49.0 Å². The lowest BCUT2D eigenvalue weighted by molar-refractivity contribution is -0.143. The first kappa shape index (κ1) is 16.1. The summed E-state index contributed by atoms with van der Waals surface area (Å²) < 4.78 is 0. The second kappa shape index (κ2) is 7.21. The highest BCUT2D eigenvalue weighted by Crippen LogP contribution is 2.24. The van der Waals surface area contributed by atoms with E-state index in [1.807, 2.05) is 23.1 Å². The first-order valence-electron chi connectivity index (χ1n) is 7.82. The summed E-state index contributed by atoms with van der Waals surface area (Å²) in [6.45, 7) is 5.95. The van der Waals surface area contributed by atoms with Crippen molar-refractivity contribution in [3.63, 3.8) is 0 Å². The third kappa shape index (κ3) is 3.96. The second-order valence-electron chi connectivity index (χ2n) is 5.84. The summed E-state index contributed by atoms with van der Waals surface area (Å²) in [4.78, 5) is 20.1. The number of carboxylic acids is 1. The molecular formula is C17H21N3O2S. The van der Waals surface area contributed by atoms with Crippen LogP contribution in [0.2, 0.25) is 0 Å². The first-order valence-corrected chi connectivity index (χ1v) is 8.70. The first-order chi connectivity index (χ1) is 11.1. The highest BCUT2D eigenvalue weighted by Gasteiger charge is 2.25. The molecule has 3 rings (SSSR count). The maximum absolute atomic E-state index is 11.0. The summed E-state index contributed by atoms with van der Waals surface area (Å²) in [5, 5.41) is 12.3. The lowest BCUT2D eigenvalue weighted by Crippen LogP contribution is -2.51. The van der Waals surface area contributed by atoms with E-state index in [-0.39, 0.29) is 0 Å². The number of aromatic nitrogens is 1. The molecule has 5 nitrogen and oxygen atoms in total. The molecule has 1 atom stereocenters. The number of benzene rings is 1. The monoisotopic (exact) mass is 331 g/mol. The van der Waals surface area contributed by atoms with E-state index in [2.05, 4.69) is 22.4 Å². The molecule has 0 spiro atoms. The number of nitrogens with zero attached hydrogens (tertiary/aromatic N) is 3. The Labute approximate surface area is 140 Å². The lowest BCUT2D eigenvalue weighted by Gasteiger charge is -2.36. The Morgan fingerprint density at radius 2 is 1.96 bits per heavy atom. The van der Waals surface area contributed by atoms with E-state index in [0.29, 0.717) is 0 Å². The van der Waals surface area contributed by atoms with Crippen LogP contribution in [0.15, 0.2) is 35.7 Å². The SMILES string of the molecule is CC(C(=O)O)N1CCN(Cc2csc(-c3ccccc3)n2)CC1. The molecule has 0 amide bonds. The van der Waals surface area contributed by atoms with Gasteiger partial charge in [-0.2, -0.15) is 0 Å². The van der Waals surface area contributed by atoms with Crippen LogP contribution in [0, 0.1) is 0 Å². The molecule has 1 aliphatic heterocycles. The van der Waals surface area contributed by atoms with Gasteiger partial charge in [-0.3, -0.25) is 14.6 Å². The molecule has 1 saturated heterocycles. The van der Waals surface area contributed by atoms with Crippen molar-refractivity contribution >= 4 is 17.3 Å². The van der Waals surface area contributed by atoms with Crippen molar-refractivity contribution in [2.45, 2.75) is 19.5 Å². The van der Waals surface area contributed by atoms with Crippen molar-refractivity contribution in [1.82, 2.24) is 14.8 Å². The third-order valence-corrected chi connectivity index (χ3v) is 5.21. The molecule has 6 heteroatoms. The number of carbonyl (C=O) groups is 1. The molecule has 2 aromatic rings. The number of rotatable bonds is 5. The van der Waals surface area contributed by atoms with Crippen molar-refractivity contribution < 1.29 is 9.90 Å². The average Bonchev–Trinajstić information content (AvgIpc) is 3.04. The summed E-state index contributed by atoms with van der Waals surface area (Å²) in [6, 6.07) is 9.82. The van der Waals surface area contributed by atoms with Crippen LogP contribution in [-0.4, -0.2) is 58.1 Å². The van der Waals surface area contributed by atoms with Crippen LogP contribution < -0.4 is 0 Å². The molecule has 1 unspecified atom stereocenters. The molecule has 0 bridgehead atoms. The summed E-state index contributed by atoms with van der Waals surface area (Å²) in [7, 11) is 0. The highest BCUT2D eigenvalue weighted by atomic mass is 32.1. The zero-order chi connectivity index (χ0) is 16.2. The van der Waals surface area contributed by atoms with Gasteiger partial charge < -0.3 is 5.11 Å². The zero-order valence-corrected chi connectivity index (χ0v) is 14.0. The van der Waals surface area contributed by atoms with Crippen LogP contribution in [0.25, 0.3) is 10.6 Å². The maximum Gasteiger partial charge on any atom is 0.320 e. The minimum Gasteiger partial charge on any atom is -0.480 e. The van der Waals surface area contributed by atoms with Gasteiger partial charge in [-0.05, 0) is 6.92 Å². The van der Waals surface area contributed by atoms with E-state index >= 15 is 0 Å². The van der Waals surface area contributed by atoms with Crippen LogP contribution in [0.3, 0.4) is 0 Å². The Bertz CT molecular complexity index is 651. The smallest absolute Gasteiger partial charge is 0.320 e. The van der Waals surface area contributed by atoms with Crippen LogP contribution >= 0.6 is 11.3 Å². The van der Waals surface area contributed by atoms with E-state index in [1.165, 1.54) is 0 Å². The number of thiazole rings is 1. The van der Waals surface area contributed by atoms with Crippen LogP contribution in [-0.2, 0) is 11.3 Å². The zero-order valence-electron chi connectivity index (χ0n) is 13.2. The Morgan fingerprint density at radius 1 is 1.26 bits per heavy atom. The molecule has 1 aliphatic rings. The number of hydrogen-bond acceptors (Lipinski definition) is 5. The third-order valence-electron chi connectivity index (χ3n) is 4.27. The molecule has 0 radical (unpaired) electrons. The van der Waals surface area contributed by atoms with Crippen LogP contribution in [0.1, 0.15) is 12.6 Å². The van der Waals surface area contributed by atoms with Crippen LogP contribution in [0.4, 0.5) is 0 Å². The van der Waals surface area contributed by atoms with Gasteiger partial charge in [0.05, 0.1) is 5.69 Å². The predicted octanol–water partition coefficient (Wildman–Crippen LogP) is 2.40. The van der Waals surface area contributed by atoms with Crippen molar-refractivity contribution in [2.24, 2.45) is 0 Å². The highest BCUT2D eigenvalue weighted by molar-refractivity contribution is 7.13. The van der Waals surface area contributed by atoms with E-state index in [4.69, 9.17) is 10.1 Å². The minimum atomic E-state index is -0.745. The van der Waals surface area contributed by atoms with Crippen molar-refractivity contribution in [3.05, 3.63) is 41.4 Å². The molecule has 1 fully saturated rings. The van der Waals surface area contributed by atoms with Crippen LogP contribution in [0.5, 0.6) is 0 Å². The van der Waals surface area contributed by atoms with Gasteiger partial charge in [0, 0.05) is 43.7 Å². The fraction of sp³-hybridized carbons (Fsp3) is 0.412. The molecule has 0 saturated carbocycles. The van der Waals surface area contributed by atoms with Crippen molar-refractivity contribution in [2.75, 3.05) is 26.2 Å². The van der Waals surface area contributed by atoms with Gasteiger partial charge in [-0.15, -0.1) is 11.3 Å². The van der Waals surface area contributed by atoms with Crippen molar-refractivity contribution in [1.29, 1.82) is 0 Å². The summed E-state index contributed by atoms with van der Waals surface area (Å²) in [5.74, 6) is -0.745. The fourth-order valence-corrected chi connectivity index (χ4v) is 3.60. The molecule has 2 heterocycles. The number of piperazine rings is 1. The molecule has 1 aromatic carbocycles. The number of hydrogen-bond donors (Lipinski definition) is 1. The Morgan fingerprint density at radius 3 is 2.61 bits per heavy atom. The van der Waals surface area contributed by atoms with Gasteiger partial charge in [0.25, 0.3) is 0 Å². The number of aliphatic carboxylic acids is 1. The largest absolute Gasteiger partial charge is 0.480 e. The maximum atomic E-state index is 11.0. The fourth-order valence-electron chi connectivity index (χ4n) is 2.79. The average molecular weight is 331 g/mol. The Kier molecular flexibility index (Phi) is 5.05. The molecule has 122 valence electrons. The minimum absolute atomic E-state index is 0.402. The van der Waals surface area contributed by atoms with Gasteiger partial charge in [0.15, 0.2) is 0 Å². The summed E-state index contributed by atoms with van der Waals surface area (Å²) >= 11 is 1.67. The lowest BCUT2D eigenvalue weighted by atomic mass is 10.2. The van der Waals surface area contributed by atoms with Crippen molar-refractivity contribution in [3.8, 4) is 10.6 Å². The molecular weight excluding hydrogens is 310 g/mol. The van der Waals surface area contributed by atoms with E-state index in [1.54, 1.807) is 18.3 Å². The van der Waals surface area contributed by atoms with E-state index < -0.39 is 12.0 Å². The van der Waals surface area contributed by atoms with Gasteiger partial charge in [0.1, 0.15) is 11.0 Å². The van der Waals surface area contributed by atoms with Gasteiger partial charge in [-0.25, -0.2) is 4.98 Å². The van der Waals surface area contributed by atoms with E-state index in [9.17, 15) is 4.79 Å². The summed E-state index contributed by atoms with van der Waals surface area (Å²) in [6.07, 6.45) is 0. The molecule has 1 N–H and O–H groups in total. The normalized spacial score (nSPS) is 18.0. The van der Waals surface area contributed by atoms with Gasteiger partial charge in [0.2, 0.25) is 0 Å².